The zero-order valence-corrected chi connectivity index (χ0v) is 11.4. The second-order valence-electron chi connectivity index (χ2n) is 3.78. The Labute approximate surface area is 107 Å². The minimum atomic E-state index is 0.490. The SMILES string of the molecule is CCCCNCC(C)Sc1ncccc1Cl. The molecular formula is C12H19ClN2S. The molecule has 0 radical (unpaired) electrons. The number of aromatic nitrogens is 1. The Balaban J connectivity index is 2.28. The minimum Gasteiger partial charge on any atom is -0.316 e. The molecule has 1 unspecified atom stereocenters. The Morgan fingerprint density at radius 1 is 1.56 bits per heavy atom. The summed E-state index contributed by atoms with van der Waals surface area (Å²) >= 11 is 7.77. The van der Waals surface area contributed by atoms with Crippen LogP contribution >= 0.6 is 23.4 Å². The highest BCUT2D eigenvalue weighted by Crippen LogP contribution is 2.27. The fourth-order valence-electron chi connectivity index (χ4n) is 1.30. The number of pyridine rings is 1. The largest absolute Gasteiger partial charge is 0.316 e. The average Bonchev–Trinajstić information content (AvgIpc) is 2.28. The van der Waals surface area contributed by atoms with Gasteiger partial charge in [0.25, 0.3) is 0 Å². The van der Waals surface area contributed by atoms with Crippen molar-refractivity contribution in [3.05, 3.63) is 23.4 Å². The highest BCUT2D eigenvalue weighted by Gasteiger charge is 2.07. The first kappa shape index (κ1) is 13.8. The molecule has 1 N–H and O–H groups in total. The van der Waals surface area contributed by atoms with Gasteiger partial charge in [-0.25, -0.2) is 4.98 Å². The van der Waals surface area contributed by atoms with Crippen LogP contribution in [0, 0.1) is 0 Å². The number of hydrogen-bond donors (Lipinski definition) is 1. The molecule has 1 aromatic rings. The Kier molecular flexibility index (Phi) is 6.85. The molecule has 90 valence electrons. The van der Waals surface area contributed by atoms with Gasteiger partial charge in [0.15, 0.2) is 0 Å². The van der Waals surface area contributed by atoms with Crippen molar-refractivity contribution in [2.75, 3.05) is 13.1 Å². The van der Waals surface area contributed by atoms with E-state index in [0.29, 0.717) is 5.25 Å². The van der Waals surface area contributed by atoms with Crippen LogP contribution in [-0.4, -0.2) is 23.3 Å². The van der Waals surface area contributed by atoms with Crippen molar-refractivity contribution in [1.82, 2.24) is 10.3 Å². The first-order valence-electron chi connectivity index (χ1n) is 5.72. The van der Waals surface area contributed by atoms with Gasteiger partial charge in [-0.15, -0.1) is 11.8 Å². The van der Waals surface area contributed by atoms with E-state index in [1.165, 1.54) is 12.8 Å². The normalized spacial score (nSPS) is 12.7. The first-order chi connectivity index (χ1) is 7.74. The maximum atomic E-state index is 6.05. The van der Waals surface area contributed by atoms with E-state index in [4.69, 9.17) is 11.6 Å². The number of halogens is 1. The van der Waals surface area contributed by atoms with Crippen LogP contribution in [0.3, 0.4) is 0 Å². The zero-order chi connectivity index (χ0) is 11.8. The number of hydrogen-bond acceptors (Lipinski definition) is 3. The third kappa shape index (κ3) is 5.19. The fourth-order valence-corrected chi connectivity index (χ4v) is 2.44. The van der Waals surface area contributed by atoms with Crippen molar-refractivity contribution < 1.29 is 0 Å². The van der Waals surface area contributed by atoms with Crippen molar-refractivity contribution in [3.63, 3.8) is 0 Å². The monoisotopic (exact) mass is 258 g/mol. The van der Waals surface area contributed by atoms with Gasteiger partial charge in [0, 0.05) is 18.0 Å². The maximum Gasteiger partial charge on any atom is 0.115 e. The van der Waals surface area contributed by atoms with Crippen LogP contribution in [0.2, 0.25) is 5.02 Å². The van der Waals surface area contributed by atoms with E-state index < -0.39 is 0 Å². The van der Waals surface area contributed by atoms with E-state index in [2.05, 4.69) is 24.1 Å². The van der Waals surface area contributed by atoms with Gasteiger partial charge in [-0.3, -0.25) is 0 Å². The van der Waals surface area contributed by atoms with E-state index >= 15 is 0 Å². The molecule has 16 heavy (non-hydrogen) atoms. The van der Waals surface area contributed by atoms with Gasteiger partial charge in [-0.2, -0.15) is 0 Å². The molecule has 1 rings (SSSR count). The fraction of sp³-hybridized carbons (Fsp3) is 0.583. The van der Waals surface area contributed by atoms with Crippen LogP contribution in [-0.2, 0) is 0 Å². The highest BCUT2D eigenvalue weighted by molar-refractivity contribution is 8.00. The van der Waals surface area contributed by atoms with E-state index in [1.54, 1.807) is 18.0 Å². The third-order valence-corrected chi connectivity index (χ3v) is 3.71. The summed E-state index contributed by atoms with van der Waals surface area (Å²) in [5, 5.41) is 5.59. The van der Waals surface area contributed by atoms with Crippen LogP contribution in [0.4, 0.5) is 0 Å². The first-order valence-corrected chi connectivity index (χ1v) is 6.97. The summed E-state index contributed by atoms with van der Waals surface area (Å²) in [6.07, 6.45) is 4.26. The molecule has 0 fully saturated rings. The van der Waals surface area contributed by atoms with Crippen molar-refractivity contribution in [3.8, 4) is 0 Å². The van der Waals surface area contributed by atoms with Crippen LogP contribution in [0.1, 0.15) is 26.7 Å². The second-order valence-corrected chi connectivity index (χ2v) is 5.61. The van der Waals surface area contributed by atoms with Crippen molar-refractivity contribution in [2.24, 2.45) is 0 Å². The Morgan fingerprint density at radius 3 is 3.06 bits per heavy atom. The molecule has 4 heteroatoms. The molecule has 0 aliphatic carbocycles. The summed E-state index contributed by atoms with van der Waals surface area (Å²) in [5.41, 5.74) is 0. The van der Waals surface area contributed by atoms with E-state index in [1.807, 2.05) is 12.1 Å². The van der Waals surface area contributed by atoms with Crippen molar-refractivity contribution >= 4 is 23.4 Å². The molecule has 0 saturated carbocycles. The van der Waals surface area contributed by atoms with E-state index in [9.17, 15) is 0 Å². The zero-order valence-electron chi connectivity index (χ0n) is 9.87. The van der Waals surface area contributed by atoms with E-state index in [-0.39, 0.29) is 0 Å². The molecular weight excluding hydrogens is 240 g/mol. The van der Waals surface area contributed by atoms with Crippen molar-refractivity contribution in [2.45, 2.75) is 37.0 Å². The Bertz CT molecular complexity index is 307. The van der Waals surface area contributed by atoms with Crippen molar-refractivity contribution in [1.29, 1.82) is 0 Å². The molecule has 0 aliphatic heterocycles. The summed E-state index contributed by atoms with van der Waals surface area (Å²) in [6, 6.07) is 3.74. The van der Waals surface area contributed by atoms with Gasteiger partial charge in [-0.1, -0.05) is 31.9 Å². The van der Waals surface area contributed by atoms with Gasteiger partial charge in [0.05, 0.1) is 5.02 Å². The van der Waals surface area contributed by atoms with Crippen LogP contribution in [0.25, 0.3) is 0 Å². The standard InChI is InChI=1S/C12H19ClN2S/c1-3-4-7-14-9-10(2)16-12-11(13)6-5-8-15-12/h5-6,8,10,14H,3-4,7,9H2,1-2H3. The van der Waals surface area contributed by atoms with E-state index in [0.717, 1.165) is 23.1 Å². The molecule has 1 atom stereocenters. The lowest BCUT2D eigenvalue weighted by atomic mass is 10.3. The maximum absolute atomic E-state index is 6.05. The molecule has 0 aliphatic rings. The van der Waals surface area contributed by atoms with Gasteiger partial charge >= 0.3 is 0 Å². The lowest BCUT2D eigenvalue weighted by Gasteiger charge is -2.12. The summed E-state index contributed by atoms with van der Waals surface area (Å²) in [4.78, 5) is 4.27. The summed E-state index contributed by atoms with van der Waals surface area (Å²) in [5.74, 6) is 0. The highest BCUT2D eigenvalue weighted by atomic mass is 35.5. The predicted molar refractivity (Wildman–Crippen MR) is 72.3 cm³/mol. The molecule has 1 heterocycles. The summed E-state index contributed by atoms with van der Waals surface area (Å²) in [7, 11) is 0. The molecule has 0 spiro atoms. The second kappa shape index (κ2) is 7.93. The van der Waals surface area contributed by atoms with Crippen LogP contribution < -0.4 is 5.32 Å². The third-order valence-electron chi connectivity index (χ3n) is 2.18. The number of nitrogens with zero attached hydrogens (tertiary/aromatic N) is 1. The number of thioether (sulfide) groups is 1. The molecule has 1 aromatic heterocycles. The predicted octanol–water partition coefficient (Wildman–Crippen LogP) is 3.61. The number of rotatable bonds is 7. The lowest BCUT2D eigenvalue weighted by molar-refractivity contribution is 0.638. The van der Waals surface area contributed by atoms with Crippen LogP contribution in [0.5, 0.6) is 0 Å². The van der Waals surface area contributed by atoms with Gasteiger partial charge in [-0.05, 0) is 25.1 Å². The summed E-state index contributed by atoms with van der Waals surface area (Å²) < 4.78 is 0. The quantitative estimate of drug-likeness (QED) is 0.598. The van der Waals surface area contributed by atoms with Gasteiger partial charge in [0.1, 0.15) is 5.03 Å². The topological polar surface area (TPSA) is 24.9 Å². The molecule has 0 saturated heterocycles. The molecule has 0 amide bonds. The summed E-state index contributed by atoms with van der Waals surface area (Å²) in [6.45, 7) is 6.48. The minimum absolute atomic E-state index is 0.490. The molecule has 2 nitrogen and oxygen atoms in total. The Morgan fingerprint density at radius 2 is 2.38 bits per heavy atom. The molecule has 0 aromatic carbocycles. The average molecular weight is 259 g/mol. The smallest absolute Gasteiger partial charge is 0.115 e. The van der Waals surface area contributed by atoms with Crippen LogP contribution in [0.15, 0.2) is 23.4 Å². The lowest BCUT2D eigenvalue weighted by Crippen LogP contribution is -2.23. The van der Waals surface area contributed by atoms with Gasteiger partial charge in [0.2, 0.25) is 0 Å². The Hall–Kier alpha value is -0.250. The van der Waals surface area contributed by atoms with Gasteiger partial charge < -0.3 is 5.32 Å². The number of unbranched alkanes of at least 4 members (excludes halogenated alkanes) is 1. The molecule has 0 bridgehead atoms. The number of nitrogens with one attached hydrogen (secondary N) is 1.